The minimum absolute atomic E-state index is 0.314. The molecule has 3 unspecified atom stereocenters. The second-order valence-electron chi connectivity index (χ2n) is 7.45. The fraction of sp³-hybridized carbons (Fsp3) is 0.938. The van der Waals surface area contributed by atoms with Gasteiger partial charge in [-0.3, -0.25) is 0 Å². The van der Waals surface area contributed by atoms with Crippen LogP contribution in [0.5, 0.6) is 0 Å². The predicted octanol–water partition coefficient (Wildman–Crippen LogP) is 4.30. The number of hydrogen-bond donors (Lipinski definition) is 1. The van der Waals surface area contributed by atoms with Gasteiger partial charge in [-0.1, -0.05) is 42.4 Å². The third-order valence-corrected chi connectivity index (χ3v) is 5.24. The maximum Gasteiger partial charge on any atom is 0.407 e. The number of nitrogens with one attached hydrogen (secondary N) is 1. The molecule has 21 heavy (non-hydrogen) atoms. The van der Waals surface area contributed by atoms with Crippen LogP contribution >= 0.6 is 22.6 Å². The van der Waals surface area contributed by atoms with Gasteiger partial charge in [0.25, 0.3) is 0 Å². The molecule has 3 atom stereocenters. The van der Waals surface area contributed by atoms with Crippen molar-refractivity contribution in [1.82, 2.24) is 5.32 Å². The minimum Gasteiger partial charge on any atom is -0.444 e. The van der Waals surface area contributed by atoms with E-state index in [9.17, 15) is 4.79 Å². The van der Waals surface area contributed by atoms with Crippen molar-refractivity contribution >= 4 is 28.7 Å². The predicted molar refractivity (Wildman–Crippen MR) is 94.0 cm³/mol. The molecule has 0 aromatic rings. The van der Waals surface area contributed by atoms with Crippen LogP contribution in [0.25, 0.3) is 0 Å². The average molecular weight is 411 g/mol. The lowest BCUT2D eigenvalue weighted by Crippen LogP contribution is -2.48. The molecule has 0 aromatic carbocycles. The smallest absolute Gasteiger partial charge is 0.407 e. The zero-order chi connectivity index (χ0) is 16.1. The van der Waals surface area contributed by atoms with Gasteiger partial charge in [0, 0.05) is 4.43 Å². The summed E-state index contributed by atoms with van der Waals surface area (Å²) in [4.78, 5) is 11.8. The van der Waals surface area contributed by atoms with E-state index in [0.29, 0.717) is 12.6 Å². The summed E-state index contributed by atoms with van der Waals surface area (Å²) in [6.07, 6.45) is 4.73. The van der Waals surface area contributed by atoms with Gasteiger partial charge in [-0.2, -0.15) is 0 Å². The van der Waals surface area contributed by atoms with Crippen LogP contribution in [0, 0.1) is 5.92 Å². The van der Waals surface area contributed by atoms with Crippen LogP contribution in [0.15, 0.2) is 0 Å². The maximum absolute atomic E-state index is 11.8. The van der Waals surface area contributed by atoms with Gasteiger partial charge in [-0.05, 0) is 46.5 Å². The molecule has 5 heteroatoms. The number of rotatable bonds is 5. The Morgan fingerprint density at radius 3 is 2.48 bits per heavy atom. The minimum atomic E-state index is -0.468. The van der Waals surface area contributed by atoms with Crippen molar-refractivity contribution in [1.29, 1.82) is 0 Å². The molecule has 1 N–H and O–H groups in total. The molecule has 0 spiro atoms. The van der Waals surface area contributed by atoms with Gasteiger partial charge in [-0.15, -0.1) is 0 Å². The average Bonchev–Trinajstić information content (AvgIpc) is 2.34. The highest BCUT2D eigenvalue weighted by Gasteiger charge is 2.31. The third kappa shape index (κ3) is 7.68. The highest BCUT2D eigenvalue weighted by atomic mass is 127. The van der Waals surface area contributed by atoms with E-state index >= 15 is 0 Å². The first-order valence-electron chi connectivity index (χ1n) is 7.84. The second-order valence-corrected chi connectivity index (χ2v) is 8.21. The molecule has 0 bridgehead atoms. The zero-order valence-electron chi connectivity index (χ0n) is 14.0. The Bertz CT molecular complexity index is 343. The molecule has 1 rings (SSSR count). The first-order chi connectivity index (χ1) is 9.63. The van der Waals surface area contributed by atoms with Crippen molar-refractivity contribution in [2.24, 2.45) is 5.92 Å². The van der Waals surface area contributed by atoms with Crippen molar-refractivity contribution in [3.05, 3.63) is 0 Å². The zero-order valence-corrected chi connectivity index (χ0v) is 16.2. The molecule has 0 heterocycles. The molecular weight excluding hydrogens is 381 g/mol. The number of ether oxygens (including phenoxy) is 2. The van der Waals surface area contributed by atoms with Crippen LogP contribution in [-0.4, -0.2) is 34.4 Å². The SMILES string of the molecule is CC1CCCC(OC(C)(CI)CNC(=O)OC(C)(C)C)C1. The number of amides is 1. The number of carbonyl (C=O) groups excluding carboxylic acids is 1. The quantitative estimate of drug-likeness (QED) is 0.542. The number of alkyl halides is 1. The van der Waals surface area contributed by atoms with E-state index in [-0.39, 0.29) is 11.7 Å². The number of halogens is 1. The number of carbonyl (C=O) groups is 1. The van der Waals surface area contributed by atoms with Gasteiger partial charge in [-0.25, -0.2) is 4.79 Å². The summed E-state index contributed by atoms with van der Waals surface area (Å²) in [5, 5.41) is 2.84. The molecule has 1 saturated carbocycles. The molecule has 4 nitrogen and oxygen atoms in total. The summed E-state index contributed by atoms with van der Waals surface area (Å²) in [6, 6.07) is 0. The molecule has 0 saturated heterocycles. The fourth-order valence-electron chi connectivity index (χ4n) is 2.58. The van der Waals surface area contributed by atoms with Crippen molar-refractivity contribution in [3.63, 3.8) is 0 Å². The highest BCUT2D eigenvalue weighted by molar-refractivity contribution is 14.1. The Kier molecular flexibility index (Phi) is 7.24. The van der Waals surface area contributed by atoms with Crippen molar-refractivity contribution in [2.45, 2.75) is 77.6 Å². The van der Waals surface area contributed by atoms with Gasteiger partial charge in [0.05, 0.1) is 18.2 Å². The van der Waals surface area contributed by atoms with Crippen LogP contribution in [0.1, 0.15) is 60.3 Å². The molecule has 0 aliphatic heterocycles. The van der Waals surface area contributed by atoms with E-state index in [0.717, 1.165) is 23.2 Å². The van der Waals surface area contributed by atoms with E-state index < -0.39 is 5.60 Å². The van der Waals surface area contributed by atoms with Gasteiger partial charge in [0.15, 0.2) is 0 Å². The Hall–Kier alpha value is -0.0400. The van der Waals surface area contributed by atoms with Crippen LogP contribution in [-0.2, 0) is 9.47 Å². The first kappa shape index (κ1) is 19.0. The molecular formula is C16H30INO3. The molecule has 0 radical (unpaired) electrons. The lowest BCUT2D eigenvalue weighted by atomic mass is 9.88. The van der Waals surface area contributed by atoms with Crippen molar-refractivity contribution in [2.75, 3.05) is 11.0 Å². The van der Waals surface area contributed by atoms with Gasteiger partial charge in [0.2, 0.25) is 0 Å². The first-order valence-corrected chi connectivity index (χ1v) is 9.37. The van der Waals surface area contributed by atoms with E-state index in [1.807, 2.05) is 20.8 Å². The van der Waals surface area contributed by atoms with Crippen LogP contribution < -0.4 is 5.32 Å². The number of hydrogen-bond acceptors (Lipinski definition) is 3. The molecule has 1 fully saturated rings. The normalized spacial score (nSPS) is 26.0. The van der Waals surface area contributed by atoms with Crippen LogP contribution in [0.3, 0.4) is 0 Å². The third-order valence-electron chi connectivity index (χ3n) is 3.63. The topological polar surface area (TPSA) is 47.6 Å². The summed E-state index contributed by atoms with van der Waals surface area (Å²) in [5.74, 6) is 0.737. The van der Waals surface area contributed by atoms with Crippen molar-refractivity contribution < 1.29 is 14.3 Å². The molecule has 1 aliphatic rings. The van der Waals surface area contributed by atoms with Crippen LogP contribution in [0.2, 0.25) is 0 Å². The Morgan fingerprint density at radius 1 is 1.29 bits per heavy atom. The van der Waals surface area contributed by atoms with Gasteiger partial charge >= 0.3 is 6.09 Å². The molecule has 1 aliphatic carbocycles. The Balaban J connectivity index is 2.46. The largest absolute Gasteiger partial charge is 0.444 e. The second kappa shape index (κ2) is 7.99. The van der Waals surface area contributed by atoms with E-state index in [2.05, 4.69) is 41.8 Å². The monoisotopic (exact) mass is 411 g/mol. The summed E-state index contributed by atoms with van der Waals surface area (Å²) in [7, 11) is 0. The lowest BCUT2D eigenvalue weighted by molar-refractivity contribution is -0.0847. The highest BCUT2D eigenvalue weighted by Crippen LogP contribution is 2.29. The summed E-state index contributed by atoms with van der Waals surface area (Å²) < 4.78 is 12.4. The fourth-order valence-corrected chi connectivity index (χ4v) is 3.03. The van der Waals surface area contributed by atoms with E-state index in [4.69, 9.17) is 9.47 Å². The maximum atomic E-state index is 11.8. The molecule has 124 valence electrons. The summed E-state index contributed by atoms with van der Waals surface area (Å²) in [6.45, 7) is 10.4. The molecule has 0 aromatic heterocycles. The number of alkyl carbamates (subject to hydrolysis) is 1. The Labute approximate surface area is 142 Å². The Morgan fingerprint density at radius 2 is 1.95 bits per heavy atom. The lowest BCUT2D eigenvalue weighted by Gasteiger charge is -2.36. The van der Waals surface area contributed by atoms with Gasteiger partial charge in [0.1, 0.15) is 5.60 Å². The van der Waals surface area contributed by atoms with Crippen LogP contribution in [0.4, 0.5) is 4.79 Å². The van der Waals surface area contributed by atoms with Crippen molar-refractivity contribution in [3.8, 4) is 0 Å². The van der Waals surface area contributed by atoms with Gasteiger partial charge < -0.3 is 14.8 Å². The summed E-state index contributed by atoms with van der Waals surface area (Å²) >= 11 is 2.33. The van der Waals surface area contributed by atoms with E-state index in [1.165, 1.54) is 12.8 Å². The standard InChI is InChI=1S/C16H30INO3/c1-12-7-6-8-13(9-12)20-16(5,10-17)11-18-14(19)21-15(2,3)4/h12-13H,6-11H2,1-5H3,(H,18,19). The summed E-state index contributed by atoms with van der Waals surface area (Å²) in [5.41, 5.74) is -0.802. The molecule has 1 amide bonds. The van der Waals surface area contributed by atoms with E-state index in [1.54, 1.807) is 0 Å².